The van der Waals surface area contributed by atoms with E-state index in [9.17, 15) is 0 Å². The normalized spacial score (nSPS) is 22.7. The lowest BCUT2D eigenvalue weighted by Gasteiger charge is -2.34. The molecule has 0 spiro atoms. The third kappa shape index (κ3) is 15.9. The number of hydrogen-bond donors (Lipinski definition) is 2. The monoisotopic (exact) mass is 503 g/mol. The molecule has 1 aliphatic heterocycles. The van der Waals surface area contributed by atoms with Crippen molar-refractivity contribution in [2.24, 2.45) is 11.8 Å². The summed E-state index contributed by atoms with van der Waals surface area (Å²) in [7, 11) is -2.66. The Morgan fingerprint density at radius 1 is 0.909 bits per heavy atom. The van der Waals surface area contributed by atoms with Gasteiger partial charge in [0, 0.05) is 25.8 Å². The Labute approximate surface area is 213 Å². The van der Waals surface area contributed by atoms with Crippen molar-refractivity contribution in [2.45, 2.75) is 136 Å². The molecule has 1 N–H and O–H groups in total. The van der Waals surface area contributed by atoms with Crippen LogP contribution in [0.5, 0.6) is 0 Å². The summed E-state index contributed by atoms with van der Waals surface area (Å²) < 4.78 is 19.1. The predicted molar refractivity (Wildman–Crippen MR) is 148 cm³/mol. The standard InChI is InChI=1S/C27H57NO3SSi/c1-4-7-9-10-11-12-13-14-15-16-19-27-20-21-29-33(23-17-22-32,31-28-24-27)30-25-26(6-3)18-8-5-2/h26-28,32H,4-25H2,1-3H3. The summed E-state index contributed by atoms with van der Waals surface area (Å²) >= 11 is 4.42. The molecule has 198 valence electrons. The summed E-state index contributed by atoms with van der Waals surface area (Å²) in [5.41, 5.74) is 3.29. The van der Waals surface area contributed by atoms with Gasteiger partial charge in [-0.05, 0) is 43.3 Å². The van der Waals surface area contributed by atoms with Gasteiger partial charge in [-0.25, -0.2) is 5.48 Å². The van der Waals surface area contributed by atoms with Gasteiger partial charge in [0.05, 0.1) is 0 Å². The highest BCUT2D eigenvalue weighted by atomic mass is 32.1. The molecule has 0 aromatic heterocycles. The van der Waals surface area contributed by atoms with Crippen LogP contribution in [0.4, 0.5) is 0 Å². The van der Waals surface area contributed by atoms with Gasteiger partial charge in [-0.15, -0.1) is 0 Å². The highest BCUT2D eigenvalue weighted by Crippen LogP contribution is 2.25. The fourth-order valence-corrected chi connectivity index (χ4v) is 7.53. The number of rotatable bonds is 21. The van der Waals surface area contributed by atoms with Crippen LogP contribution >= 0.6 is 12.6 Å². The molecule has 1 rings (SSSR count). The molecule has 0 aliphatic carbocycles. The Balaban J connectivity index is 2.28. The molecule has 33 heavy (non-hydrogen) atoms. The first kappa shape index (κ1) is 31.4. The van der Waals surface area contributed by atoms with Crippen molar-refractivity contribution in [3.05, 3.63) is 0 Å². The van der Waals surface area contributed by atoms with Gasteiger partial charge in [0.25, 0.3) is 0 Å². The minimum atomic E-state index is -2.66. The topological polar surface area (TPSA) is 39.7 Å². The van der Waals surface area contributed by atoms with Crippen LogP contribution in [0.15, 0.2) is 0 Å². The zero-order valence-electron chi connectivity index (χ0n) is 22.4. The molecular formula is C27H57NO3SSi. The van der Waals surface area contributed by atoms with Crippen molar-refractivity contribution in [1.29, 1.82) is 0 Å². The maximum Gasteiger partial charge on any atom is 0.517 e. The molecule has 6 heteroatoms. The van der Waals surface area contributed by atoms with Gasteiger partial charge in [-0.2, -0.15) is 12.6 Å². The molecule has 3 atom stereocenters. The minimum Gasteiger partial charge on any atom is -0.373 e. The molecule has 0 bridgehead atoms. The number of hydroxylamine groups is 1. The predicted octanol–water partition coefficient (Wildman–Crippen LogP) is 8.35. The van der Waals surface area contributed by atoms with Crippen molar-refractivity contribution in [3.63, 3.8) is 0 Å². The second-order valence-electron chi connectivity index (χ2n) is 10.2. The van der Waals surface area contributed by atoms with Gasteiger partial charge in [0.15, 0.2) is 0 Å². The maximum absolute atomic E-state index is 6.46. The van der Waals surface area contributed by atoms with Crippen LogP contribution < -0.4 is 5.48 Å². The summed E-state index contributed by atoms with van der Waals surface area (Å²) in [6.45, 7) is 9.27. The molecule has 1 fully saturated rings. The van der Waals surface area contributed by atoms with Gasteiger partial charge in [-0.3, -0.25) is 4.53 Å². The molecule has 1 heterocycles. The number of thiol groups is 1. The van der Waals surface area contributed by atoms with E-state index in [1.165, 1.54) is 89.9 Å². The zero-order chi connectivity index (χ0) is 24.0. The Bertz CT molecular complexity index is 420. The highest BCUT2D eigenvalue weighted by Gasteiger charge is 2.43. The summed E-state index contributed by atoms with van der Waals surface area (Å²) in [6.07, 6.45) is 22.2. The Hall–Kier alpha value is 0.407. The lowest BCUT2D eigenvalue weighted by Crippen LogP contribution is -2.52. The number of hydrogen-bond acceptors (Lipinski definition) is 5. The van der Waals surface area contributed by atoms with Gasteiger partial charge >= 0.3 is 8.80 Å². The zero-order valence-corrected chi connectivity index (χ0v) is 24.3. The molecule has 0 saturated carbocycles. The van der Waals surface area contributed by atoms with Crippen LogP contribution in [0, 0.1) is 11.8 Å². The average Bonchev–Trinajstić information content (AvgIpc) is 2.81. The number of unbranched alkanes of at least 4 members (excludes halogenated alkanes) is 10. The maximum atomic E-state index is 6.46. The minimum absolute atomic E-state index is 0.604. The molecule has 4 nitrogen and oxygen atoms in total. The summed E-state index contributed by atoms with van der Waals surface area (Å²) in [5, 5.41) is 0. The van der Waals surface area contributed by atoms with Crippen LogP contribution in [0.3, 0.4) is 0 Å². The smallest absolute Gasteiger partial charge is 0.373 e. The van der Waals surface area contributed by atoms with Crippen LogP contribution in [-0.2, 0) is 13.4 Å². The fraction of sp³-hybridized carbons (Fsp3) is 1.00. The van der Waals surface area contributed by atoms with Crippen LogP contribution in [0.1, 0.15) is 130 Å². The van der Waals surface area contributed by atoms with E-state index in [0.29, 0.717) is 11.8 Å². The van der Waals surface area contributed by atoms with E-state index >= 15 is 0 Å². The van der Waals surface area contributed by atoms with E-state index in [0.717, 1.165) is 50.8 Å². The molecule has 1 saturated heterocycles. The van der Waals surface area contributed by atoms with E-state index in [1.807, 2.05) is 0 Å². The van der Waals surface area contributed by atoms with E-state index < -0.39 is 8.80 Å². The number of nitrogens with one attached hydrogen (secondary N) is 1. The first-order chi connectivity index (χ1) is 16.2. The van der Waals surface area contributed by atoms with Crippen molar-refractivity contribution >= 4 is 21.4 Å². The lowest BCUT2D eigenvalue weighted by molar-refractivity contribution is -0.0107. The van der Waals surface area contributed by atoms with E-state index in [-0.39, 0.29) is 0 Å². The molecule has 3 unspecified atom stereocenters. The summed E-state index contributed by atoms with van der Waals surface area (Å²) in [6, 6.07) is 0.858. The van der Waals surface area contributed by atoms with Crippen molar-refractivity contribution < 1.29 is 13.4 Å². The first-order valence-electron chi connectivity index (χ1n) is 14.5. The van der Waals surface area contributed by atoms with Crippen molar-refractivity contribution in [3.8, 4) is 0 Å². The van der Waals surface area contributed by atoms with E-state index in [4.69, 9.17) is 13.4 Å². The molecule has 0 amide bonds. The van der Waals surface area contributed by atoms with Gasteiger partial charge < -0.3 is 8.85 Å². The Morgan fingerprint density at radius 3 is 2.21 bits per heavy atom. The van der Waals surface area contributed by atoms with Crippen molar-refractivity contribution in [2.75, 3.05) is 25.5 Å². The van der Waals surface area contributed by atoms with Gasteiger partial charge in [-0.1, -0.05) is 104 Å². The quantitative estimate of drug-likeness (QED) is 0.0937. The lowest BCUT2D eigenvalue weighted by atomic mass is 9.97. The van der Waals surface area contributed by atoms with Crippen molar-refractivity contribution in [1.82, 2.24) is 5.48 Å². The van der Waals surface area contributed by atoms with Crippen LogP contribution in [-0.4, -0.2) is 34.3 Å². The third-order valence-electron chi connectivity index (χ3n) is 7.14. The Kier molecular flexibility index (Phi) is 20.6. The molecule has 0 aromatic carbocycles. The Morgan fingerprint density at radius 2 is 1.58 bits per heavy atom. The molecule has 0 aromatic rings. The third-order valence-corrected chi connectivity index (χ3v) is 10.1. The molecular weight excluding hydrogens is 446 g/mol. The average molecular weight is 504 g/mol. The second-order valence-corrected chi connectivity index (χ2v) is 13.3. The largest absolute Gasteiger partial charge is 0.517 e. The first-order valence-corrected chi connectivity index (χ1v) is 17.1. The molecule has 1 aliphatic rings. The SMILES string of the molecule is CCCCCCCCCCCCC1CCO[Si](CCCS)(OCC(CC)CCCC)ONC1. The van der Waals surface area contributed by atoms with Crippen LogP contribution in [0.25, 0.3) is 0 Å². The van der Waals surface area contributed by atoms with Gasteiger partial charge in [0.1, 0.15) is 0 Å². The molecule has 0 radical (unpaired) electrons. The summed E-state index contributed by atoms with van der Waals surface area (Å²) in [5.74, 6) is 2.09. The van der Waals surface area contributed by atoms with E-state index in [1.54, 1.807) is 0 Å². The van der Waals surface area contributed by atoms with Gasteiger partial charge in [0.2, 0.25) is 0 Å². The van der Waals surface area contributed by atoms with E-state index in [2.05, 4.69) is 38.9 Å². The van der Waals surface area contributed by atoms with Crippen LogP contribution in [0.2, 0.25) is 6.04 Å². The summed E-state index contributed by atoms with van der Waals surface area (Å²) in [4.78, 5) is 0. The second kappa shape index (κ2) is 21.7. The highest BCUT2D eigenvalue weighted by molar-refractivity contribution is 7.80. The fourth-order valence-electron chi connectivity index (χ4n) is 4.65.